The molecule has 0 saturated heterocycles. The van der Waals surface area contributed by atoms with E-state index in [4.69, 9.17) is 4.74 Å². The molecule has 24 heavy (non-hydrogen) atoms. The Hall–Kier alpha value is -2.07. The number of esters is 1. The highest BCUT2D eigenvalue weighted by Gasteiger charge is 2.26. The van der Waals surface area contributed by atoms with E-state index in [-0.39, 0.29) is 5.97 Å². The minimum Gasteiger partial charge on any atom is -0.465 e. The molecule has 4 rings (SSSR count). The van der Waals surface area contributed by atoms with Crippen molar-refractivity contribution in [2.24, 2.45) is 0 Å². The fourth-order valence-electron chi connectivity index (χ4n) is 3.67. The summed E-state index contributed by atoms with van der Waals surface area (Å²) in [6.45, 7) is 0. The molecule has 2 heterocycles. The van der Waals surface area contributed by atoms with Crippen molar-refractivity contribution < 1.29 is 9.53 Å². The molecule has 0 radical (unpaired) electrons. The Labute approximate surface area is 146 Å². The second kappa shape index (κ2) is 6.44. The molecule has 0 N–H and O–H groups in total. The highest BCUT2D eigenvalue weighted by Crippen LogP contribution is 2.42. The van der Waals surface area contributed by atoms with Crippen LogP contribution in [0.5, 0.6) is 0 Å². The molecule has 1 aromatic carbocycles. The molecule has 1 unspecified atom stereocenters. The van der Waals surface area contributed by atoms with Gasteiger partial charge in [0.15, 0.2) is 0 Å². The van der Waals surface area contributed by atoms with Gasteiger partial charge in [-0.15, -0.1) is 11.8 Å². The van der Waals surface area contributed by atoms with Crippen molar-refractivity contribution in [1.82, 2.24) is 4.98 Å². The monoisotopic (exact) mass is 337 g/mol. The number of nitrogens with zero attached hydrogens (tertiary/aromatic N) is 1. The van der Waals surface area contributed by atoms with E-state index >= 15 is 0 Å². The number of hydrogen-bond donors (Lipinski definition) is 0. The molecule has 1 aliphatic heterocycles. The molecule has 0 amide bonds. The third-order valence-corrected chi connectivity index (χ3v) is 5.95. The van der Waals surface area contributed by atoms with E-state index in [0.29, 0.717) is 11.5 Å². The third-order valence-electron chi connectivity index (χ3n) is 4.83. The summed E-state index contributed by atoms with van der Waals surface area (Å²) in [5.74, 6) is 1.46. The second-order valence-electron chi connectivity index (χ2n) is 6.27. The van der Waals surface area contributed by atoms with Gasteiger partial charge in [0.1, 0.15) is 0 Å². The lowest BCUT2D eigenvalue weighted by Crippen LogP contribution is -2.09. The molecule has 0 saturated carbocycles. The van der Waals surface area contributed by atoms with Gasteiger partial charge in [0.2, 0.25) is 0 Å². The number of thioether (sulfide) groups is 1. The van der Waals surface area contributed by atoms with Crippen molar-refractivity contribution in [3.63, 3.8) is 0 Å². The lowest BCUT2D eigenvalue weighted by atomic mass is 9.88. The summed E-state index contributed by atoms with van der Waals surface area (Å²) in [7, 11) is 1.43. The second-order valence-corrected chi connectivity index (χ2v) is 7.41. The van der Waals surface area contributed by atoms with Crippen LogP contribution < -0.4 is 0 Å². The van der Waals surface area contributed by atoms with Crippen molar-refractivity contribution in [2.75, 3.05) is 12.9 Å². The molecule has 3 nitrogen and oxygen atoms in total. The number of carbonyl (C=O) groups is 1. The van der Waals surface area contributed by atoms with Crippen molar-refractivity contribution in [3.8, 4) is 0 Å². The van der Waals surface area contributed by atoms with Crippen molar-refractivity contribution in [1.29, 1.82) is 0 Å². The molecule has 4 heteroatoms. The van der Waals surface area contributed by atoms with E-state index in [2.05, 4.69) is 35.3 Å². The van der Waals surface area contributed by atoms with Gasteiger partial charge in [-0.2, -0.15) is 0 Å². The Morgan fingerprint density at radius 3 is 3.08 bits per heavy atom. The molecular formula is C20H19NO2S. The van der Waals surface area contributed by atoms with E-state index in [9.17, 15) is 4.79 Å². The summed E-state index contributed by atoms with van der Waals surface area (Å²) in [6.07, 6.45) is 6.89. The normalized spacial score (nSPS) is 18.5. The average Bonchev–Trinajstić information content (AvgIpc) is 3.03. The molecule has 0 bridgehead atoms. The maximum Gasteiger partial charge on any atom is 0.338 e. The van der Waals surface area contributed by atoms with Gasteiger partial charge in [-0.1, -0.05) is 23.8 Å². The van der Waals surface area contributed by atoms with Crippen LogP contribution in [0.1, 0.15) is 45.9 Å². The number of ether oxygens (including phenoxy) is 1. The molecule has 122 valence electrons. The Kier molecular flexibility index (Phi) is 4.15. The minimum absolute atomic E-state index is 0.275. The maximum absolute atomic E-state index is 12.0. The zero-order chi connectivity index (χ0) is 16.5. The number of carbonyl (C=O) groups excluding carboxylic acids is 1. The number of methoxy groups -OCH3 is 1. The van der Waals surface area contributed by atoms with E-state index in [0.717, 1.165) is 24.1 Å². The van der Waals surface area contributed by atoms with Crippen LogP contribution >= 0.6 is 11.8 Å². The SMILES string of the molecule is COC(=O)c1ccnc2c1CC(CC1CCSc3ccccc31)=C2. The van der Waals surface area contributed by atoms with Gasteiger partial charge in [0.25, 0.3) is 0 Å². The van der Waals surface area contributed by atoms with Crippen LogP contribution in [0.15, 0.2) is 47.0 Å². The van der Waals surface area contributed by atoms with Gasteiger partial charge in [0, 0.05) is 11.1 Å². The van der Waals surface area contributed by atoms with E-state index < -0.39 is 0 Å². The third kappa shape index (κ3) is 2.75. The van der Waals surface area contributed by atoms with Crippen molar-refractivity contribution >= 4 is 23.8 Å². The first-order chi connectivity index (χ1) is 11.8. The molecule has 1 aliphatic carbocycles. The number of pyridine rings is 1. The molecule has 0 spiro atoms. The largest absolute Gasteiger partial charge is 0.465 e. The Morgan fingerprint density at radius 2 is 2.21 bits per heavy atom. The molecule has 2 aliphatic rings. The van der Waals surface area contributed by atoms with E-state index in [1.165, 1.54) is 35.3 Å². The summed E-state index contributed by atoms with van der Waals surface area (Å²) < 4.78 is 4.90. The number of benzene rings is 1. The smallest absolute Gasteiger partial charge is 0.338 e. The maximum atomic E-state index is 12.0. The highest BCUT2D eigenvalue weighted by atomic mass is 32.2. The van der Waals surface area contributed by atoms with Gasteiger partial charge in [-0.25, -0.2) is 4.79 Å². The van der Waals surface area contributed by atoms with Crippen LogP contribution in [0.4, 0.5) is 0 Å². The number of allylic oxidation sites excluding steroid dienone is 1. The Morgan fingerprint density at radius 1 is 1.33 bits per heavy atom. The van der Waals surface area contributed by atoms with Crippen molar-refractivity contribution in [3.05, 3.63) is 64.5 Å². The summed E-state index contributed by atoms with van der Waals surface area (Å²) in [4.78, 5) is 17.8. The molecule has 1 aromatic heterocycles. The summed E-state index contributed by atoms with van der Waals surface area (Å²) in [5, 5.41) is 0. The zero-order valence-corrected chi connectivity index (χ0v) is 14.4. The van der Waals surface area contributed by atoms with Crippen LogP contribution in [-0.4, -0.2) is 23.8 Å². The number of hydrogen-bond acceptors (Lipinski definition) is 4. The van der Waals surface area contributed by atoms with Gasteiger partial charge < -0.3 is 4.74 Å². The minimum atomic E-state index is -0.275. The standard InChI is InChI=1S/C20H19NO2S/c1-23-20(22)16-6-8-21-18-12-13(11-17(16)18)10-14-7-9-24-19-5-3-2-4-15(14)19/h2-6,8,12,14H,7,9-11H2,1H3. The first-order valence-corrected chi connectivity index (χ1v) is 9.22. The summed E-state index contributed by atoms with van der Waals surface area (Å²) >= 11 is 1.95. The zero-order valence-electron chi connectivity index (χ0n) is 13.6. The highest BCUT2D eigenvalue weighted by molar-refractivity contribution is 7.99. The van der Waals surface area contributed by atoms with E-state index in [1.807, 2.05) is 11.8 Å². The number of rotatable bonds is 3. The van der Waals surface area contributed by atoms with Crippen molar-refractivity contribution in [2.45, 2.75) is 30.1 Å². The van der Waals surface area contributed by atoms with Gasteiger partial charge in [-0.05, 0) is 60.3 Å². The fourth-order valence-corrected chi connectivity index (χ4v) is 4.87. The summed E-state index contributed by atoms with van der Waals surface area (Å²) in [5.41, 5.74) is 5.41. The number of aromatic nitrogens is 1. The van der Waals surface area contributed by atoms with Gasteiger partial charge in [0.05, 0.1) is 18.4 Å². The first-order valence-electron chi connectivity index (χ1n) is 8.23. The van der Waals surface area contributed by atoms with Crippen LogP contribution in [0.25, 0.3) is 6.08 Å². The quantitative estimate of drug-likeness (QED) is 0.774. The predicted octanol–water partition coefficient (Wildman–Crippen LogP) is 4.48. The fraction of sp³-hybridized carbons (Fsp3) is 0.300. The Balaban J connectivity index is 1.57. The lowest BCUT2D eigenvalue weighted by molar-refractivity contribution is 0.0599. The molecule has 2 aromatic rings. The predicted molar refractivity (Wildman–Crippen MR) is 96.4 cm³/mol. The number of fused-ring (bicyclic) bond motifs is 2. The van der Waals surface area contributed by atoms with E-state index in [1.54, 1.807) is 12.3 Å². The first kappa shape index (κ1) is 15.5. The van der Waals surface area contributed by atoms with Gasteiger partial charge in [-0.3, -0.25) is 4.98 Å². The molecule has 0 fully saturated rings. The van der Waals surface area contributed by atoms with Crippen LogP contribution in [-0.2, 0) is 11.2 Å². The van der Waals surface area contributed by atoms with Crippen LogP contribution in [0.2, 0.25) is 0 Å². The van der Waals surface area contributed by atoms with Crippen LogP contribution in [0.3, 0.4) is 0 Å². The lowest BCUT2D eigenvalue weighted by Gasteiger charge is -2.25. The topological polar surface area (TPSA) is 39.2 Å². The molecule has 1 atom stereocenters. The van der Waals surface area contributed by atoms with Gasteiger partial charge >= 0.3 is 5.97 Å². The Bertz CT molecular complexity index is 828. The van der Waals surface area contributed by atoms with Crippen LogP contribution in [0, 0.1) is 0 Å². The average molecular weight is 337 g/mol. The molecular weight excluding hydrogens is 318 g/mol. The summed E-state index contributed by atoms with van der Waals surface area (Å²) in [6, 6.07) is 10.5.